The molecule has 1 amide bonds. The van der Waals surface area contributed by atoms with Gasteiger partial charge in [0.2, 0.25) is 5.91 Å². The lowest BCUT2D eigenvalue weighted by Crippen LogP contribution is -2.42. The van der Waals surface area contributed by atoms with E-state index in [1.807, 2.05) is 24.3 Å². The molecule has 2 aliphatic heterocycles. The summed E-state index contributed by atoms with van der Waals surface area (Å²) in [5.41, 5.74) is 1.10. The third-order valence-corrected chi connectivity index (χ3v) is 3.94. The van der Waals surface area contributed by atoms with Crippen LogP contribution >= 0.6 is 12.4 Å². The van der Waals surface area contributed by atoms with E-state index in [-0.39, 0.29) is 30.3 Å². The molecule has 2 heterocycles. The molecule has 0 radical (unpaired) electrons. The Morgan fingerprint density at radius 1 is 1.30 bits per heavy atom. The second kappa shape index (κ2) is 6.95. The van der Waals surface area contributed by atoms with Crippen molar-refractivity contribution in [1.29, 1.82) is 0 Å². The van der Waals surface area contributed by atoms with Crippen molar-refractivity contribution >= 4 is 18.3 Å². The normalized spacial score (nSPS) is 24.8. The Labute approximate surface area is 125 Å². The summed E-state index contributed by atoms with van der Waals surface area (Å²) in [7, 11) is 0. The summed E-state index contributed by atoms with van der Waals surface area (Å²) >= 11 is 0. The quantitative estimate of drug-likeness (QED) is 0.878. The summed E-state index contributed by atoms with van der Waals surface area (Å²) in [6.07, 6.45) is 2.93. The highest BCUT2D eigenvalue weighted by molar-refractivity contribution is 5.85. The Hall–Kier alpha value is -1.26. The average molecular weight is 297 g/mol. The maximum Gasteiger partial charge on any atom is 0.224 e. The molecule has 2 aliphatic rings. The SMILES string of the molecule is Cl.O=C(NC1CCOc2ccccc21)[C@@H]1CCCNC1. The van der Waals surface area contributed by atoms with E-state index in [1.54, 1.807) is 0 Å². The van der Waals surface area contributed by atoms with E-state index in [1.165, 1.54) is 0 Å². The average Bonchev–Trinajstić information content (AvgIpc) is 2.48. The first-order valence-corrected chi connectivity index (χ1v) is 7.07. The Morgan fingerprint density at radius 2 is 2.15 bits per heavy atom. The van der Waals surface area contributed by atoms with Crippen LogP contribution in [0.5, 0.6) is 5.75 Å². The molecule has 2 atom stereocenters. The number of para-hydroxylation sites is 1. The lowest BCUT2D eigenvalue weighted by molar-refractivity contribution is -0.126. The van der Waals surface area contributed by atoms with Crippen molar-refractivity contribution in [2.24, 2.45) is 5.92 Å². The van der Waals surface area contributed by atoms with Crippen LogP contribution in [0.25, 0.3) is 0 Å². The van der Waals surface area contributed by atoms with Gasteiger partial charge in [0.15, 0.2) is 0 Å². The number of nitrogens with one attached hydrogen (secondary N) is 2. The Morgan fingerprint density at radius 3 is 2.95 bits per heavy atom. The van der Waals surface area contributed by atoms with Crippen molar-refractivity contribution in [3.8, 4) is 5.75 Å². The first kappa shape index (κ1) is 15.1. The van der Waals surface area contributed by atoms with Crippen LogP contribution < -0.4 is 15.4 Å². The van der Waals surface area contributed by atoms with Gasteiger partial charge in [0.25, 0.3) is 0 Å². The fourth-order valence-corrected chi connectivity index (χ4v) is 2.86. The molecule has 1 unspecified atom stereocenters. The van der Waals surface area contributed by atoms with Gasteiger partial charge in [-0.05, 0) is 25.5 Å². The van der Waals surface area contributed by atoms with Crippen LogP contribution in [0.3, 0.4) is 0 Å². The number of fused-ring (bicyclic) bond motifs is 1. The molecular formula is C15H21ClN2O2. The molecule has 5 heteroatoms. The molecule has 1 saturated heterocycles. The summed E-state index contributed by atoms with van der Waals surface area (Å²) in [4.78, 5) is 12.3. The van der Waals surface area contributed by atoms with E-state index < -0.39 is 0 Å². The summed E-state index contributed by atoms with van der Waals surface area (Å²) in [5.74, 6) is 1.19. The molecule has 20 heavy (non-hydrogen) atoms. The molecule has 4 nitrogen and oxygen atoms in total. The second-order valence-corrected chi connectivity index (χ2v) is 5.28. The highest BCUT2D eigenvalue weighted by Gasteiger charge is 2.26. The van der Waals surface area contributed by atoms with Gasteiger partial charge < -0.3 is 15.4 Å². The van der Waals surface area contributed by atoms with Crippen molar-refractivity contribution in [2.45, 2.75) is 25.3 Å². The predicted octanol–water partition coefficient (Wildman–Crippen LogP) is 2.05. The fraction of sp³-hybridized carbons (Fsp3) is 0.533. The van der Waals surface area contributed by atoms with E-state index in [9.17, 15) is 4.79 Å². The lowest BCUT2D eigenvalue weighted by atomic mass is 9.96. The predicted molar refractivity (Wildman–Crippen MR) is 80.3 cm³/mol. The first-order chi connectivity index (χ1) is 9.34. The molecule has 0 bridgehead atoms. The summed E-state index contributed by atoms with van der Waals surface area (Å²) in [6, 6.07) is 8.07. The van der Waals surface area contributed by atoms with Crippen LogP contribution in [-0.4, -0.2) is 25.6 Å². The van der Waals surface area contributed by atoms with Gasteiger partial charge in [0.1, 0.15) is 5.75 Å². The fourth-order valence-electron chi connectivity index (χ4n) is 2.86. The van der Waals surface area contributed by atoms with Crippen molar-refractivity contribution in [3.05, 3.63) is 29.8 Å². The molecule has 2 N–H and O–H groups in total. The minimum atomic E-state index is 0. The summed E-state index contributed by atoms with van der Waals surface area (Å²) in [6.45, 7) is 2.51. The van der Waals surface area contributed by atoms with Crippen molar-refractivity contribution in [2.75, 3.05) is 19.7 Å². The zero-order chi connectivity index (χ0) is 13.1. The third-order valence-electron chi connectivity index (χ3n) is 3.94. The number of amides is 1. The zero-order valence-electron chi connectivity index (χ0n) is 11.4. The van der Waals surface area contributed by atoms with Gasteiger partial charge in [-0.15, -0.1) is 12.4 Å². The number of carbonyl (C=O) groups excluding carboxylic acids is 1. The Balaban J connectivity index is 0.00000147. The second-order valence-electron chi connectivity index (χ2n) is 5.28. The topological polar surface area (TPSA) is 50.4 Å². The van der Waals surface area contributed by atoms with Crippen molar-refractivity contribution in [1.82, 2.24) is 10.6 Å². The molecule has 1 fully saturated rings. The smallest absolute Gasteiger partial charge is 0.224 e. The minimum absolute atomic E-state index is 0. The van der Waals surface area contributed by atoms with Crippen LogP contribution in [-0.2, 0) is 4.79 Å². The van der Waals surface area contributed by atoms with Gasteiger partial charge in [0.05, 0.1) is 18.6 Å². The van der Waals surface area contributed by atoms with Crippen LogP contribution in [0.4, 0.5) is 0 Å². The molecule has 3 rings (SSSR count). The lowest BCUT2D eigenvalue weighted by Gasteiger charge is -2.29. The molecule has 0 aliphatic carbocycles. The number of hydrogen-bond donors (Lipinski definition) is 2. The van der Waals surface area contributed by atoms with Crippen molar-refractivity contribution in [3.63, 3.8) is 0 Å². The Bertz CT molecular complexity index is 461. The van der Waals surface area contributed by atoms with E-state index >= 15 is 0 Å². The van der Waals surface area contributed by atoms with Gasteiger partial charge in [-0.2, -0.15) is 0 Å². The van der Waals surface area contributed by atoms with Gasteiger partial charge in [0, 0.05) is 18.5 Å². The van der Waals surface area contributed by atoms with Crippen LogP contribution in [0, 0.1) is 5.92 Å². The molecule has 0 saturated carbocycles. The summed E-state index contributed by atoms with van der Waals surface area (Å²) in [5, 5.41) is 6.47. The largest absolute Gasteiger partial charge is 0.493 e. The van der Waals surface area contributed by atoms with Gasteiger partial charge in [-0.3, -0.25) is 4.79 Å². The third kappa shape index (κ3) is 3.25. The van der Waals surface area contributed by atoms with Crippen molar-refractivity contribution < 1.29 is 9.53 Å². The van der Waals surface area contributed by atoms with Crippen LogP contribution in [0.2, 0.25) is 0 Å². The highest BCUT2D eigenvalue weighted by Crippen LogP contribution is 2.31. The van der Waals surface area contributed by atoms with Gasteiger partial charge >= 0.3 is 0 Å². The molecule has 0 spiro atoms. The van der Waals surface area contributed by atoms with E-state index in [0.29, 0.717) is 6.61 Å². The van der Waals surface area contributed by atoms with E-state index in [2.05, 4.69) is 10.6 Å². The number of benzene rings is 1. The number of hydrogen-bond acceptors (Lipinski definition) is 3. The summed E-state index contributed by atoms with van der Waals surface area (Å²) < 4.78 is 5.62. The molecule has 0 aromatic heterocycles. The number of carbonyl (C=O) groups is 1. The highest BCUT2D eigenvalue weighted by atomic mass is 35.5. The molecule has 1 aromatic rings. The van der Waals surface area contributed by atoms with Crippen LogP contribution in [0.15, 0.2) is 24.3 Å². The number of rotatable bonds is 2. The Kier molecular flexibility index (Phi) is 5.26. The first-order valence-electron chi connectivity index (χ1n) is 7.07. The number of halogens is 1. The maximum absolute atomic E-state index is 12.3. The van der Waals surface area contributed by atoms with E-state index in [0.717, 1.165) is 43.7 Å². The molecule has 110 valence electrons. The standard InChI is InChI=1S/C15H20N2O2.ClH/c18-15(11-4-3-8-16-10-11)17-13-7-9-19-14-6-2-1-5-12(13)14;/h1-2,5-6,11,13,16H,3-4,7-10H2,(H,17,18);1H/t11-,13?;/m1./s1. The van der Waals surface area contributed by atoms with E-state index in [4.69, 9.17) is 4.74 Å². The number of ether oxygens (including phenoxy) is 1. The molecular weight excluding hydrogens is 276 g/mol. The maximum atomic E-state index is 12.3. The van der Waals surface area contributed by atoms with Gasteiger partial charge in [-0.25, -0.2) is 0 Å². The zero-order valence-corrected chi connectivity index (χ0v) is 12.2. The monoisotopic (exact) mass is 296 g/mol. The van der Waals surface area contributed by atoms with Gasteiger partial charge in [-0.1, -0.05) is 18.2 Å². The minimum Gasteiger partial charge on any atom is -0.493 e. The number of piperidine rings is 1. The molecule has 1 aromatic carbocycles. The van der Waals surface area contributed by atoms with Crippen LogP contribution in [0.1, 0.15) is 30.9 Å².